The highest BCUT2D eigenvalue weighted by Crippen LogP contribution is 2.36. The molecule has 1 aromatic carbocycles. The maximum Gasteiger partial charge on any atom is 0.316 e. The van der Waals surface area contributed by atoms with E-state index in [1.165, 1.54) is 3.57 Å². The monoisotopic (exact) mass is 409 g/mol. The van der Waals surface area contributed by atoms with E-state index in [4.69, 9.17) is 4.74 Å². The van der Waals surface area contributed by atoms with Gasteiger partial charge in [0, 0.05) is 3.57 Å². The van der Waals surface area contributed by atoms with E-state index in [0.29, 0.717) is 6.61 Å². The van der Waals surface area contributed by atoms with Gasteiger partial charge in [0.2, 0.25) is 0 Å². The van der Waals surface area contributed by atoms with Gasteiger partial charge in [0.05, 0.1) is 12.0 Å². The van der Waals surface area contributed by atoms with Gasteiger partial charge in [-0.15, -0.1) is 12.4 Å². The van der Waals surface area contributed by atoms with Crippen LogP contribution in [-0.2, 0) is 14.9 Å². The van der Waals surface area contributed by atoms with Gasteiger partial charge in [-0.25, -0.2) is 0 Å². The molecule has 5 heteroatoms. The van der Waals surface area contributed by atoms with Crippen molar-refractivity contribution in [3.8, 4) is 0 Å². The Labute approximate surface area is 140 Å². The Kier molecular flexibility index (Phi) is 6.75. The number of hydrogen-bond acceptors (Lipinski definition) is 3. The number of carbonyl (C=O) groups is 1. The summed E-state index contributed by atoms with van der Waals surface area (Å²) in [5.41, 5.74) is 0.645. The molecule has 0 unspecified atom stereocenters. The summed E-state index contributed by atoms with van der Waals surface area (Å²) < 4.78 is 6.53. The van der Waals surface area contributed by atoms with Gasteiger partial charge < -0.3 is 9.64 Å². The van der Waals surface area contributed by atoms with E-state index in [0.717, 1.165) is 31.5 Å². The average molecular weight is 410 g/mol. The molecule has 0 bridgehead atoms. The number of nitrogens with zero attached hydrogens (tertiary/aromatic N) is 1. The van der Waals surface area contributed by atoms with Crippen molar-refractivity contribution in [1.29, 1.82) is 0 Å². The SMILES string of the molecule is CCOC(=O)C1(c2ccc(I)cc2)CCN(C)CC1.Cl. The summed E-state index contributed by atoms with van der Waals surface area (Å²) in [6, 6.07) is 8.28. The summed E-state index contributed by atoms with van der Waals surface area (Å²) in [7, 11) is 2.10. The highest BCUT2D eigenvalue weighted by molar-refractivity contribution is 14.1. The van der Waals surface area contributed by atoms with Crippen molar-refractivity contribution in [2.75, 3.05) is 26.7 Å². The quantitative estimate of drug-likeness (QED) is 0.567. The second-order valence-corrected chi connectivity index (χ2v) is 6.36. The molecule has 0 amide bonds. The van der Waals surface area contributed by atoms with Crippen molar-refractivity contribution >= 4 is 41.0 Å². The summed E-state index contributed by atoms with van der Waals surface area (Å²) in [5, 5.41) is 0. The summed E-state index contributed by atoms with van der Waals surface area (Å²) in [5.74, 6) is -0.0655. The summed E-state index contributed by atoms with van der Waals surface area (Å²) in [4.78, 5) is 14.7. The Morgan fingerprint density at radius 3 is 2.35 bits per heavy atom. The lowest BCUT2D eigenvalue weighted by molar-refractivity contribution is -0.152. The Morgan fingerprint density at radius 1 is 1.30 bits per heavy atom. The Hall–Kier alpha value is -0.330. The number of rotatable bonds is 3. The van der Waals surface area contributed by atoms with Crippen LogP contribution in [-0.4, -0.2) is 37.6 Å². The molecular weight excluding hydrogens is 389 g/mol. The van der Waals surface area contributed by atoms with E-state index >= 15 is 0 Å². The number of ether oxygens (including phenoxy) is 1. The third kappa shape index (κ3) is 3.65. The van der Waals surface area contributed by atoms with Crippen molar-refractivity contribution < 1.29 is 9.53 Å². The van der Waals surface area contributed by atoms with Crippen molar-refractivity contribution in [1.82, 2.24) is 4.90 Å². The molecule has 0 saturated carbocycles. The predicted octanol–water partition coefficient (Wildman–Crippen LogP) is 3.24. The van der Waals surface area contributed by atoms with E-state index in [2.05, 4.69) is 58.8 Å². The van der Waals surface area contributed by atoms with Gasteiger partial charge in [-0.05, 0) is 80.2 Å². The molecule has 2 rings (SSSR count). The molecule has 112 valence electrons. The zero-order chi connectivity index (χ0) is 13.9. The summed E-state index contributed by atoms with van der Waals surface area (Å²) >= 11 is 2.28. The first-order valence-electron chi connectivity index (χ1n) is 6.70. The standard InChI is InChI=1S/C15H20INO2.ClH/c1-3-19-14(18)15(8-10-17(2)11-9-15)12-4-6-13(16)7-5-12;/h4-7H,3,8-11H2,1-2H3;1H. The van der Waals surface area contributed by atoms with Gasteiger partial charge in [0.1, 0.15) is 0 Å². The minimum Gasteiger partial charge on any atom is -0.465 e. The first-order valence-corrected chi connectivity index (χ1v) is 7.78. The minimum atomic E-state index is -0.452. The number of carbonyl (C=O) groups excluding carboxylic acids is 1. The van der Waals surface area contributed by atoms with E-state index in [1.54, 1.807) is 0 Å². The van der Waals surface area contributed by atoms with Gasteiger partial charge in [-0.3, -0.25) is 4.79 Å². The van der Waals surface area contributed by atoms with Crippen LogP contribution >= 0.6 is 35.0 Å². The first-order chi connectivity index (χ1) is 9.08. The molecule has 0 radical (unpaired) electrons. The number of esters is 1. The van der Waals surface area contributed by atoms with Crippen LogP contribution in [0.15, 0.2) is 24.3 Å². The molecule has 0 aliphatic carbocycles. The third-order valence-electron chi connectivity index (χ3n) is 3.90. The van der Waals surface area contributed by atoms with Gasteiger partial charge in [0.25, 0.3) is 0 Å². The zero-order valence-corrected chi connectivity index (χ0v) is 14.9. The average Bonchev–Trinajstić information content (AvgIpc) is 2.41. The lowest BCUT2D eigenvalue weighted by atomic mass is 9.73. The molecule has 0 spiro atoms. The lowest BCUT2D eigenvalue weighted by Gasteiger charge is -2.39. The number of likely N-dealkylation sites (tertiary alicyclic amines) is 1. The van der Waals surface area contributed by atoms with Crippen LogP contribution in [0.25, 0.3) is 0 Å². The largest absolute Gasteiger partial charge is 0.465 e. The van der Waals surface area contributed by atoms with Crippen LogP contribution in [0.3, 0.4) is 0 Å². The fourth-order valence-corrected chi connectivity index (χ4v) is 3.01. The third-order valence-corrected chi connectivity index (χ3v) is 4.62. The molecule has 0 atom stereocenters. The van der Waals surface area contributed by atoms with Crippen molar-refractivity contribution in [2.24, 2.45) is 0 Å². The highest BCUT2D eigenvalue weighted by atomic mass is 127. The summed E-state index contributed by atoms with van der Waals surface area (Å²) in [6.07, 6.45) is 1.67. The van der Waals surface area contributed by atoms with Crippen LogP contribution < -0.4 is 0 Å². The minimum absolute atomic E-state index is 0. The number of benzene rings is 1. The van der Waals surface area contributed by atoms with Crippen LogP contribution in [0, 0.1) is 3.57 Å². The molecule has 1 aliphatic rings. The smallest absolute Gasteiger partial charge is 0.316 e. The molecule has 1 aromatic rings. The van der Waals surface area contributed by atoms with Gasteiger partial charge in [0.15, 0.2) is 0 Å². The van der Waals surface area contributed by atoms with Gasteiger partial charge in [-0.1, -0.05) is 12.1 Å². The summed E-state index contributed by atoms with van der Waals surface area (Å²) in [6.45, 7) is 4.19. The molecule has 1 heterocycles. The fraction of sp³-hybridized carbons (Fsp3) is 0.533. The molecule has 0 aromatic heterocycles. The Balaban J connectivity index is 0.00000200. The second-order valence-electron chi connectivity index (χ2n) is 5.11. The predicted molar refractivity (Wildman–Crippen MR) is 91.4 cm³/mol. The second kappa shape index (κ2) is 7.61. The number of halogens is 2. The molecule has 1 fully saturated rings. The van der Waals surface area contributed by atoms with Crippen molar-refractivity contribution in [3.63, 3.8) is 0 Å². The highest BCUT2D eigenvalue weighted by Gasteiger charge is 2.43. The Morgan fingerprint density at radius 2 is 1.85 bits per heavy atom. The maximum atomic E-state index is 12.5. The van der Waals surface area contributed by atoms with Crippen LogP contribution in [0.5, 0.6) is 0 Å². The zero-order valence-electron chi connectivity index (χ0n) is 11.9. The van der Waals surface area contributed by atoms with Crippen LogP contribution in [0.4, 0.5) is 0 Å². The fourth-order valence-electron chi connectivity index (χ4n) is 2.65. The van der Waals surface area contributed by atoms with E-state index < -0.39 is 5.41 Å². The Bertz CT molecular complexity index is 442. The molecule has 1 saturated heterocycles. The van der Waals surface area contributed by atoms with Crippen LogP contribution in [0.1, 0.15) is 25.3 Å². The molecular formula is C15H21ClINO2. The van der Waals surface area contributed by atoms with Gasteiger partial charge in [-0.2, -0.15) is 0 Å². The number of hydrogen-bond donors (Lipinski definition) is 0. The molecule has 0 N–H and O–H groups in total. The first kappa shape index (κ1) is 17.7. The molecule has 3 nitrogen and oxygen atoms in total. The lowest BCUT2D eigenvalue weighted by Crippen LogP contribution is -2.47. The number of piperidine rings is 1. The van der Waals surface area contributed by atoms with E-state index in [-0.39, 0.29) is 18.4 Å². The molecule has 20 heavy (non-hydrogen) atoms. The maximum absolute atomic E-state index is 12.5. The van der Waals surface area contributed by atoms with Crippen LogP contribution in [0.2, 0.25) is 0 Å². The van der Waals surface area contributed by atoms with Gasteiger partial charge >= 0.3 is 5.97 Å². The van der Waals surface area contributed by atoms with Crippen molar-refractivity contribution in [2.45, 2.75) is 25.2 Å². The topological polar surface area (TPSA) is 29.5 Å². The van der Waals surface area contributed by atoms with Crippen molar-refractivity contribution in [3.05, 3.63) is 33.4 Å². The van der Waals surface area contributed by atoms with E-state index in [1.807, 2.05) is 6.92 Å². The normalized spacial score (nSPS) is 18.1. The van der Waals surface area contributed by atoms with E-state index in [9.17, 15) is 4.79 Å². The molecule has 1 aliphatic heterocycles.